The fourth-order valence-electron chi connectivity index (χ4n) is 1.19. The number of aromatic amines is 1. The van der Waals surface area contributed by atoms with Crippen LogP contribution in [0.25, 0.3) is 0 Å². The molecule has 0 bridgehead atoms. The summed E-state index contributed by atoms with van der Waals surface area (Å²) in [5.74, 6) is -0.0240. The zero-order valence-corrected chi connectivity index (χ0v) is 10.6. The van der Waals surface area contributed by atoms with Gasteiger partial charge >= 0.3 is 6.01 Å². The number of nitrogens with one attached hydrogen (secondary N) is 2. The van der Waals surface area contributed by atoms with E-state index in [-0.39, 0.29) is 17.0 Å². The lowest BCUT2D eigenvalue weighted by Crippen LogP contribution is -2.14. The van der Waals surface area contributed by atoms with Gasteiger partial charge in [0.1, 0.15) is 0 Å². The number of rotatable bonds is 5. The zero-order chi connectivity index (χ0) is 13.2. The van der Waals surface area contributed by atoms with Crippen molar-refractivity contribution < 1.29 is 13.2 Å². The molecule has 18 heavy (non-hydrogen) atoms. The summed E-state index contributed by atoms with van der Waals surface area (Å²) in [5.41, 5.74) is 0. The first-order valence-corrected chi connectivity index (χ1v) is 6.55. The largest absolute Gasteiger partial charge is 0.463 e. The molecule has 9 nitrogen and oxygen atoms in total. The van der Waals surface area contributed by atoms with Gasteiger partial charge in [0.15, 0.2) is 5.03 Å². The molecule has 0 spiro atoms. The van der Waals surface area contributed by atoms with Crippen molar-refractivity contribution in [3.8, 4) is 6.01 Å². The zero-order valence-electron chi connectivity index (χ0n) is 9.78. The highest BCUT2D eigenvalue weighted by Crippen LogP contribution is 2.12. The Kier molecular flexibility index (Phi) is 3.19. The van der Waals surface area contributed by atoms with E-state index in [0.29, 0.717) is 6.61 Å². The first-order valence-electron chi connectivity index (χ1n) is 5.07. The molecule has 0 aliphatic rings. The van der Waals surface area contributed by atoms with Gasteiger partial charge in [0, 0.05) is 13.2 Å². The van der Waals surface area contributed by atoms with Crippen molar-refractivity contribution in [2.24, 2.45) is 7.05 Å². The van der Waals surface area contributed by atoms with Crippen molar-refractivity contribution in [3.63, 3.8) is 0 Å². The Morgan fingerprint density at radius 3 is 2.94 bits per heavy atom. The van der Waals surface area contributed by atoms with Crippen molar-refractivity contribution in [2.45, 2.75) is 11.9 Å². The summed E-state index contributed by atoms with van der Waals surface area (Å²) in [6.07, 6.45) is 2.77. The smallest absolute Gasteiger partial charge is 0.337 e. The highest BCUT2D eigenvalue weighted by Gasteiger charge is 2.19. The van der Waals surface area contributed by atoms with E-state index in [2.05, 4.69) is 24.9 Å². The molecule has 2 N–H and O–H groups in total. The molecule has 0 atom stereocenters. The second kappa shape index (κ2) is 4.64. The molecule has 0 aromatic carbocycles. The lowest BCUT2D eigenvalue weighted by atomic mass is 10.9. The second-order valence-electron chi connectivity index (χ2n) is 3.38. The third-order valence-corrected chi connectivity index (χ3v) is 3.15. The predicted octanol–water partition coefficient (Wildman–Crippen LogP) is -0.262. The standard InChI is InChI=1S/C8H12N6O3S/c1-3-17-8-10-7(11-12-8)13-18(15,16)6-4-14(2)5-9-6/h4-5H,3H2,1-2H3,(H2,10,11,12,13). The van der Waals surface area contributed by atoms with E-state index in [1.54, 1.807) is 14.0 Å². The molecule has 0 aliphatic heterocycles. The van der Waals surface area contributed by atoms with Crippen LogP contribution < -0.4 is 9.46 Å². The minimum Gasteiger partial charge on any atom is -0.463 e. The fourth-order valence-corrected chi connectivity index (χ4v) is 2.13. The van der Waals surface area contributed by atoms with Crippen molar-refractivity contribution in [3.05, 3.63) is 12.5 Å². The van der Waals surface area contributed by atoms with Gasteiger partial charge in [0.05, 0.1) is 12.9 Å². The van der Waals surface area contributed by atoms with Gasteiger partial charge in [-0.15, -0.1) is 5.10 Å². The summed E-state index contributed by atoms with van der Waals surface area (Å²) in [6, 6.07) is 0.0798. The third kappa shape index (κ3) is 2.59. The van der Waals surface area contributed by atoms with Gasteiger partial charge in [-0.3, -0.25) is 0 Å². The molecule has 2 aromatic rings. The molecule has 0 saturated carbocycles. The lowest BCUT2D eigenvalue weighted by molar-refractivity contribution is 0.314. The average molecular weight is 272 g/mol. The summed E-state index contributed by atoms with van der Waals surface area (Å²) in [7, 11) is -2.09. The normalized spacial score (nSPS) is 11.4. The first-order chi connectivity index (χ1) is 8.51. The Hall–Kier alpha value is -2.10. The minimum absolute atomic E-state index is 0.0240. The van der Waals surface area contributed by atoms with Crippen LogP contribution in [0.15, 0.2) is 17.6 Å². The van der Waals surface area contributed by atoms with E-state index in [1.165, 1.54) is 17.1 Å². The van der Waals surface area contributed by atoms with Crippen LogP contribution in [0.1, 0.15) is 6.92 Å². The molecule has 98 valence electrons. The number of ether oxygens (including phenoxy) is 1. The number of hydrogen-bond acceptors (Lipinski definition) is 6. The summed E-state index contributed by atoms with van der Waals surface area (Å²) in [4.78, 5) is 7.55. The van der Waals surface area contributed by atoms with Crippen molar-refractivity contribution >= 4 is 16.0 Å². The molecule has 2 heterocycles. The van der Waals surface area contributed by atoms with E-state index in [4.69, 9.17) is 4.74 Å². The summed E-state index contributed by atoms with van der Waals surface area (Å²) >= 11 is 0. The highest BCUT2D eigenvalue weighted by molar-refractivity contribution is 7.92. The number of anilines is 1. The van der Waals surface area contributed by atoms with E-state index in [0.717, 1.165) is 0 Å². The number of aromatic nitrogens is 5. The maximum absolute atomic E-state index is 11.9. The Morgan fingerprint density at radius 1 is 1.56 bits per heavy atom. The SMILES string of the molecule is CCOc1n[nH]c(NS(=O)(=O)c2cn(C)cn2)n1. The summed E-state index contributed by atoms with van der Waals surface area (Å²) < 4.78 is 32.5. The van der Waals surface area contributed by atoms with Gasteiger partial charge in [0.2, 0.25) is 5.95 Å². The second-order valence-corrected chi connectivity index (χ2v) is 5.01. The minimum atomic E-state index is -3.77. The number of imidazole rings is 1. The molecular formula is C8H12N6O3S. The third-order valence-electron chi connectivity index (χ3n) is 1.93. The molecular weight excluding hydrogens is 260 g/mol. The fraction of sp³-hybridized carbons (Fsp3) is 0.375. The number of hydrogen-bond donors (Lipinski definition) is 2. The molecule has 0 amide bonds. The van der Waals surface area contributed by atoms with Gasteiger partial charge < -0.3 is 9.30 Å². The van der Waals surface area contributed by atoms with Crippen LogP contribution in [0.5, 0.6) is 6.01 Å². The number of H-pyrrole nitrogens is 1. The highest BCUT2D eigenvalue weighted by atomic mass is 32.2. The number of nitrogens with zero attached hydrogens (tertiary/aromatic N) is 4. The van der Waals surface area contributed by atoms with Crippen LogP contribution in [-0.2, 0) is 17.1 Å². The first kappa shape index (κ1) is 12.4. The van der Waals surface area contributed by atoms with E-state index < -0.39 is 10.0 Å². The van der Waals surface area contributed by atoms with Crippen LogP contribution in [0.3, 0.4) is 0 Å². The van der Waals surface area contributed by atoms with Gasteiger partial charge in [-0.05, 0) is 6.92 Å². The molecule has 10 heteroatoms. The van der Waals surface area contributed by atoms with Crippen LogP contribution >= 0.6 is 0 Å². The number of sulfonamides is 1. The number of aryl methyl sites for hydroxylation is 1. The monoisotopic (exact) mass is 272 g/mol. The maximum atomic E-state index is 11.9. The molecule has 0 aliphatic carbocycles. The predicted molar refractivity (Wildman–Crippen MR) is 61.6 cm³/mol. The topological polar surface area (TPSA) is 115 Å². The maximum Gasteiger partial charge on any atom is 0.337 e. The van der Waals surface area contributed by atoms with Gasteiger partial charge in [-0.1, -0.05) is 0 Å². The van der Waals surface area contributed by atoms with E-state index in [9.17, 15) is 8.42 Å². The Labute approximate surface area is 103 Å². The summed E-state index contributed by atoms with van der Waals surface area (Å²) in [5, 5.41) is 5.99. The average Bonchev–Trinajstić information content (AvgIpc) is 2.88. The van der Waals surface area contributed by atoms with Crippen molar-refractivity contribution in [1.29, 1.82) is 0 Å². The Bertz CT molecular complexity index is 631. The van der Waals surface area contributed by atoms with Crippen molar-refractivity contribution in [1.82, 2.24) is 24.7 Å². The van der Waals surface area contributed by atoms with E-state index in [1.807, 2.05) is 0 Å². The Balaban J connectivity index is 2.17. The van der Waals surface area contributed by atoms with Crippen LogP contribution in [0.2, 0.25) is 0 Å². The summed E-state index contributed by atoms with van der Waals surface area (Å²) in [6.45, 7) is 2.17. The van der Waals surface area contributed by atoms with Gasteiger partial charge in [-0.2, -0.15) is 13.4 Å². The van der Waals surface area contributed by atoms with Crippen LogP contribution in [0, 0.1) is 0 Å². The van der Waals surface area contributed by atoms with Gasteiger partial charge in [0.25, 0.3) is 10.0 Å². The molecule has 0 saturated heterocycles. The van der Waals surface area contributed by atoms with Crippen LogP contribution in [0.4, 0.5) is 5.95 Å². The molecule has 2 rings (SSSR count). The van der Waals surface area contributed by atoms with Crippen molar-refractivity contribution in [2.75, 3.05) is 11.3 Å². The quantitative estimate of drug-likeness (QED) is 0.774. The Morgan fingerprint density at radius 2 is 2.33 bits per heavy atom. The molecule has 2 aromatic heterocycles. The van der Waals surface area contributed by atoms with E-state index >= 15 is 0 Å². The van der Waals surface area contributed by atoms with Crippen LogP contribution in [-0.4, -0.2) is 39.8 Å². The lowest BCUT2D eigenvalue weighted by Gasteiger charge is -2.00. The molecule has 0 fully saturated rings. The molecule has 0 radical (unpaired) electrons. The van der Waals surface area contributed by atoms with Gasteiger partial charge in [-0.25, -0.2) is 14.8 Å². The molecule has 0 unspecified atom stereocenters.